The lowest BCUT2D eigenvalue weighted by Gasteiger charge is -1.92. The highest BCUT2D eigenvalue weighted by Gasteiger charge is 2.23. The first-order valence-electron chi connectivity index (χ1n) is 3.18. The van der Waals surface area contributed by atoms with Gasteiger partial charge in [0.05, 0.1) is 16.9 Å². The molecule has 8 heteroatoms. The minimum atomic E-state index is -3.65. The van der Waals surface area contributed by atoms with Gasteiger partial charge in [0.15, 0.2) is 9.84 Å². The van der Waals surface area contributed by atoms with Gasteiger partial charge in [0, 0.05) is 6.26 Å². The molecule has 0 atom stereocenters. The molecule has 13 heavy (non-hydrogen) atoms. The van der Waals surface area contributed by atoms with Crippen molar-refractivity contribution in [1.82, 2.24) is 0 Å². The Hall–Kier alpha value is -0.890. The summed E-state index contributed by atoms with van der Waals surface area (Å²) in [6, 6.07) is 0. The molecular formula is C5H8N2O4S2. The van der Waals surface area contributed by atoms with Crippen LogP contribution in [0, 0.1) is 0 Å². The van der Waals surface area contributed by atoms with Gasteiger partial charge in [-0.05, 0) is 0 Å². The molecule has 1 rings (SSSR count). The molecular weight excluding hydrogens is 216 g/mol. The molecule has 1 heterocycles. The van der Waals surface area contributed by atoms with E-state index in [1.54, 1.807) is 0 Å². The second-order valence-corrected chi connectivity index (χ2v) is 6.56. The van der Waals surface area contributed by atoms with Crippen LogP contribution < -0.4 is 5.73 Å². The van der Waals surface area contributed by atoms with Crippen LogP contribution in [0.1, 0.15) is 0 Å². The predicted octanol–water partition coefficient (Wildman–Crippen LogP) is -1.38. The molecule has 6 nitrogen and oxygen atoms in total. The Labute approximate surface area is 76.0 Å². The van der Waals surface area contributed by atoms with Gasteiger partial charge in [0.1, 0.15) is 0 Å². The van der Waals surface area contributed by atoms with Crippen molar-refractivity contribution in [2.24, 2.45) is 10.7 Å². The maximum absolute atomic E-state index is 10.9. The molecule has 0 aliphatic carbocycles. The van der Waals surface area contributed by atoms with Crippen molar-refractivity contribution in [1.29, 1.82) is 0 Å². The fourth-order valence-corrected chi connectivity index (χ4v) is 2.46. The Morgan fingerprint density at radius 1 is 1.54 bits per heavy atom. The first-order chi connectivity index (χ1) is 5.71. The largest absolute Gasteiger partial charge is 0.374 e. The van der Waals surface area contributed by atoms with Crippen LogP contribution in [0.2, 0.25) is 0 Å². The Morgan fingerprint density at radius 3 is 2.38 bits per heavy atom. The van der Waals surface area contributed by atoms with Gasteiger partial charge < -0.3 is 5.73 Å². The molecule has 1 aliphatic heterocycles. The molecule has 2 N–H and O–H groups in total. The molecule has 0 aromatic heterocycles. The fraction of sp³-hybridized carbons (Fsp3) is 0.400. The molecule has 0 spiro atoms. The Balaban J connectivity index is 3.04. The SMILES string of the molecule is CS(=O)(=O)CC1=CS(=O)(=O)C(N)=N1. The van der Waals surface area contributed by atoms with Crippen LogP contribution in [0.4, 0.5) is 0 Å². The number of nitrogens with zero attached hydrogens (tertiary/aromatic N) is 1. The maximum Gasteiger partial charge on any atom is 0.234 e. The first-order valence-corrected chi connectivity index (χ1v) is 6.79. The second-order valence-electron chi connectivity index (χ2n) is 2.67. The van der Waals surface area contributed by atoms with Gasteiger partial charge in [-0.3, -0.25) is 0 Å². The average Bonchev–Trinajstić information content (AvgIpc) is 2.01. The lowest BCUT2D eigenvalue weighted by molar-refractivity contribution is 0.603. The summed E-state index contributed by atoms with van der Waals surface area (Å²) in [7, 11) is -6.92. The molecule has 0 aromatic rings. The molecule has 74 valence electrons. The van der Waals surface area contributed by atoms with Gasteiger partial charge in [-0.15, -0.1) is 0 Å². The summed E-state index contributed by atoms with van der Waals surface area (Å²) in [6.07, 6.45) is 0.991. The van der Waals surface area contributed by atoms with E-state index in [9.17, 15) is 16.8 Å². The van der Waals surface area contributed by atoms with Crippen molar-refractivity contribution in [3.8, 4) is 0 Å². The number of nitrogens with two attached hydrogens (primary N) is 1. The van der Waals surface area contributed by atoms with E-state index < -0.39 is 30.6 Å². The van der Waals surface area contributed by atoms with Crippen LogP contribution in [-0.4, -0.2) is 34.0 Å². The summed E-state index contributed by atoms with van der Waals surface area (Å²) in [5, 5.41) is 0.217. The van der Waals surface area contributed by atoms with Crippen LogP contribution in [0.25, 0.3) is 0 Å². The van der Waals surface area contributed by atoms with E-state index in [-0.39, 0.29) is 5.70 Å². The minimum absolute atomic E-state index is 0.0417. The Bertz CT molecular complexity index is 483. The number of rotatable bonds is 2. The number of amidine groups is 1. The van der Waals surface area contributed by atoms with Crippen LogP contribution in [0.5, 0.6) is 0 Å². The third-order valence-electron chi connectivity index (χ3n) is 1.25. The van der Waals surface area contributed by atoms with Crippen LogP contribution >= 0.6 is 0 Å². The van der Waals surface area contributed by atoms with Crippen molar-refractivity contribution in [2.75, 3.05) is 12.0 Å². The highest BCUT2D eigenvalue weighted by molar-refractivity contribution is 8.09. The van der Waals surface area contributed by atoms with E-state index in [1.165, 1.54) is 0 Å². The molecule has 0 unspecified atom stereocenters. The lowest BCUT2D eigenvalue weighted by atomic mass is 10.6. The quantitative estimate of drug-likeness (QED) is 0.621. The van der Waals surface area contributed by atoms with Crippen LogP contribution in [0.3, 0.4) is 0 Å². The van der Waals surface area contributed by atoms with E-state index in [0.29, 0.717) is 0 Å². The topological polar surface area (TPSA) is 107 Å². The average molecular weight is 224 g/mol. The van der Waals surface area contributed by atoms with Gasteiger partial charge in [-0.1, -0.05) is 0 Å². The zero-order chi connectivity index (χ0) is 10.3. The minimum Gasteiger partial charge on any atom is -0.374 e. The van der Waals surface area contributed by atoms with Gasteiger partial charge in [0.2, 0.25) is 15.0 Å². The van der Waals surface area contributed by atoms with Crippen molar-refractivity contribution in [2.45, 2.75) is 0 Å². The number of hydrogen-bond acceptors (Lipinski definition) is 6. The fourth-order valence-electron chi connectivity index (χ4n) is 0.806. The number of aliphatic imine (C=N–C) groups is 1. The lowest BCUT2D eigenvalue weighted by Crippen LogP contribution is -2.18. The maximum atomic E-state index is 10.9. The van der Waals surface area contributed by atoms with Crippen molar-refractivity contribution in [3.63, 3.8) is 0 Å². The van der Waals surface area contributed by atoms with Crippen molar-refractivity contribution in [3.05, 3.63) is 11.1 Å². The molecule has 0 radical (unpaired) electrons. The highest BCUT2D eigenvalue weighted by Crippen LogP contribution is 2.13. The van der Waals surface area contributed by atoms with Crippen LogP contribution in [0.15, 0.2) is 16.1 Å². The van der Waals surface area contributed by atoms with Gasteiger partial charge in [-0.25, -0.2) is 21.8 Å². The molecule has 1 aliphatic rings. The molecule has 0 amide bonds. The normalized spacial score (nSPS) is 21.0. The summed E-state index contributed by atoms with van der Waals surface area (Å²) in [5.41, 5.74) is 5.00. The van der Waals surface area contributed by atoms with Gasteiger partial charge >= 0.3 is 0 Å². The van der Waals surface area contributed by atoms with Gasteiger partial charge in [0.25, 0.3) is 0 Å². The summed E-state index contributed by atoms with van der Waals surface area (Å²) >= 11 is 0. The summed E-state index contributed by atoms with van der Waals surface area (Å²) in [5.74, 6) is -0.410. The number of sulfone groups is 2. The molecule has 0 saturated carbocycles. The summed E-state index contributed by atoms with van der Waals surface area (Å²) < 4.78 is 43.4. The van der Waals surface area contributed by atoms with E-state index in [1.807, 2.05) is 0 Å². The highest BCUT2D eigenvalue weighted by atomic mass is 32.2. The predicted molar refractivity (Wildman–Crippen MR) is 48.3 cm³/mol. The van der Waals surface area contributed by atoms with E-state index in [4.69, 9.17) is 5.73 Å². The third kappa shape index (κ3) is 2.52. The molecule has 0 fully saturated rings. The standard InChI is InChI=1S/C5H8N2O4S2/c1-12(8,9)2-4-3-13(10,11)5(6)7-4/h3H,2H2,1H3,(H2,6,7). The number of hydrogen-bond donors (Lipinski definition) is 1. The molecule has 0 bridgehead atoms. The summed E-state index contributed by atoms with van der Waals surface area (Å²) in [6.45, 7) is 0. The zero-order valence-corrected chi connectivity index (χ0v) is 8.39. The third-order valence-corrected chi connectivity index (χ3v) is 3.32. The second kappa shape index (κ2) is 2.81. The summed E-state index contributed by atoms with van der Waals surface area (Å²) in [4.78, 5) is 3.42. The van der Waals surface area contributed by atoms with Gasteiger partial charge in [-0.2, -0.15) is 0 Å². The van der Waals surface area contributed by atoms with Crippen LogP contribution in [-0.2, 0) is 19.7 Å². The molecule has 0 saturated heterocycles. The van der Waals surface area contributed by atoms with E-state index in [0.717, 1.165) is 11.7 Å². The van der Waals surface area contributed by atoms with Crippen molar-refractivity contribution < 1.29 is 16.8 Å². The van der Waals surface area contributed by atoms with E-state index >= 15 is 0 Å². The molecule has 0 aromatic carbocycles. The Kier molecular flexibility index (Phi) is 2.20. The van der Waals surface area contributed by atoms with E-state index in [2.05, 4.69) is 4.99 Å². The van der Waals surface area contributed by atoms with Crippen molar-refractivity contribution >= 4 is 24.8 Å². The Morgan fingerprint density at radius 2 is 2.08 bits per heavy atom. The zero-order valence-electron chi connectivity index (χ0n) is 6.76. The monoisotopic (exact) mass is 224 g/mol. The first kappa shape index (κ1) is 10.2. The smallest absolute Gasteiger partial charge is 0.234 e.